The van der Waals surface area contributed by atoms with E-state index in [4.69, 9.17) is 9.47 Å². The molecular formula is C12H18O4S2. The van der Waals surface area contributed by atoms with Gasteiger partial charge in [0.1, 0.15) is 0 Å². The fraction of sp³-hybridized carbons (Fsp3) is 0.500. The third kappa shape index (κ3) is 11.6. The van der Waals surface area contributed by atoms with Gasteiger partial charge >= 0.3 is 11.9 Å². The molecule has 0 fully saturated rings. The third-order valence-corrected chi connectivity index (χ3v) is 3.63. The normalized spacial score (nSPS) is 11.0. The first kappa shape index (κ1) is 17.1. The average molecular weight is 290 g/mol. The Hall–Kier alpha value is -0.880. The monoisotopic (exact) mass is 290 g/mol. The lowest BCUT2D eigenvalue weighted by molar-refractivity contribution is -0.138. The number of rotatable bonds is 9. The number of hydrogen-bond acceptors (Lipinski definition) is 6. The predicted molar refractivity (Wildman–Crippen MR) is 76.5 cm³/mol. The van der Waals surface area contributed by atoms with Gasteiger partial charge in [-0.2, -0.15) is 0 Å². The Labute approximate surface area is 116 Å². The van der Waals surface area contributed by atoms with Gasteiger partial charge in [-0.3, -0.25) is 0 Å². The molecule has 6 heteroatoms. The summed E-state index contributed by atoms with van der Waals surface area (Å²) in [7, 11) is 3.19. The molecule has 0 aromatic carbocycles. The molecule has 0 spiro atoms. The molecule has 0 radical (unpaired) electrons. The lowest BCUT2D eigenvalue weighted by atomic mass is 10.5. The highest BCUT2D eigenvalue weighted by Crippen LogP contribution is 2.20. The molecular weight excluding hydrogens is 272 g/mol. The van der Waals surface area contributed by atoms with Crippen molar-refractivity contribution in [2.45, 2.75) is 13.8 Å². The summed E-state index contributed by atoms with van der Waals surface area (Å²) in [6.45, 7) is 4.33. The molecule has 0 aromatic rings. The van der Waals surface area contributed by atoms with Crippen LogP contribution in [0.1, 0.15) is 13.8 Å². The van der Waals surface area contributed by atoms with Crippen molar-refractivity contribution in [3.8, 4) is 0 Å². The average Bonchev–Trinajstić information content (AvgIpc) is 2.33. The van der Waals surface area contributed by atoms with Crippen LogP contribution in [0.25, 0.3) is 0 Å². The van der Waals surface area contributed by atoms with E-state index in [1.165, 1.54) is 12.2 Å². The van der Waals surface area contributed by atoms with Crippen LogP contribution < -0.4 is 0 Å². The minimum atomic E-state index is -0.315. The van der Waals surface area contributed by atoms with E-state index in [0.29, 0.717) is 13.2 Å². The van der Waals surface area contributed by atoms with E-state index in [9.17, 15) is 9.59 Å². The Morgan fingerprint density at radius 3 is 1.61 bits per heavy atom. The van der Waals surface area contributed by atoms with Crippen molar-refractivity contribution in [2.75, 3.05) is 24.7 Å². The van der Waals surface area contributed by atoms with Gasteiger partial charge in [-0.1, -0.05) is 33.7 Å². The summed E-state index contributed by atoms with van der Waals surface area (Å²) in [4.78, 5) is 21.9. The molecule has 0 rings (SSSR count). The van der Waals surface area contributed by atoms with Gasteiger partial charge in [0.25, 0.3) is 0 Å². The summed E-state index contributed by atoms with van der Waals surface area (Å²) in [5, 5.41) is 0. The molecule has 0 amide bonds. The van der Waals surface area contributed by atoms with Crippen molar-refractivity contribution in [3.05, 3.63) is 24.3 Å². The van der Waals surface area contributed by atoms with E-state index >= 15 is 0 Å². The Morgan fingerprint density at radius 2 is 1.28 bits per heavy atom. The number of carbonyl (C=O) groups excluding carboxylic acids is 2. The van der Waals surface area contributed by atoms with Crippen LogP contribution in [0.15, 0.2) is 24.3 Å². The molecule has 0 saturated carbocycles. The van der Waals surface area contributed by atoms with E-state index in [0.717, 1.165) is 11.5 Å². The van der Waals surface area contributed by atoms with Crippen molar-refractivity contribution in [2.24, 2.45) is 0 Å². The Morgan fingerprint density at radius 1 is 0.889 bits per heavy atom. The predicted octanol–water partition coefficient (Wildman–Crippen LogP) is 2.61. The molecule has 4 nitrogen and oxygen atoms in total. The van der Waals surface area contributed by atoms with Gasteiger partial charge in [0.15, 0.2) is 0 Å². The van der Waals surface area contributed by atoms with Gasteiger partial charge in [0.2, 0.25) is 0 Å². The highest BCUT2D eigenvalue weighted by molar-refractivity contribution is 8.76. The fourth-order valence-corrected chi connectivity index (χ4v) is 2.44. The van der Waals surface area contributed by atoms with Crippen molar-refractivity contribution < 1.29 is 19.1 Å². The van der Waals surface area contributed by atoms with Gasteiger partial charge in [0.05, 0.1) is 13.2 Å². The largest absolute Gasteiger partial charge is 0.463 e. The smallest absolute Gasteiger partial charge is 0.330 e. The maximum Gasteiger partial charge on any atom is 0.330 e. The number of ether oxygens (including phenoxy) is 2. The summed E-state index contributed by atoms with van der Waals surface area (Å²) in [6, 6.07) is 0. The maximum absolute atomic E-state index is 10.9. The second-order valence-electron chi connectivity index (χ2n) is 2.88. The van der Waals surface area contributed by atoms with Gasteiger partial charge in [-0.15, -0.1) is 0 Å². The summed E-state index contributed by atoms with van der Waals surface area (Å²) in [5.41, 5.74) is 0. The molecule has 0 aromatic heterocycles. The van der Waals surface area contributed by atoms with Crippen molar-refractivity contribution in [1.29, 1.82) is 0 Å². The van der Waals surface area contributed by atoms with Crippen molar-refractivity contribution in [3.63, 3.8) is 0 Å². The van der Waals surface area contributed by atoms with Crippen LogP contribution in [0.3, 0.4) is 0 Å². The van der Waals surface area contributed by atoms with Gasteiger partial charge in [-0.25, -0.2) is 9.59 Å². The lowest BCUT2D eigenvalue weighted by Crippen LogP contribution is -1.99. The summed E-state index contributed by atoms with van der Waals surface area (Å²) in [6.07, 6.45) is 6.35. The summed E-state index contributed by atoms with van der Waals surface area (Å²) in [5.74, 6) is 0.809. The minimum Gasteiger partial charge on any atom is -0.463 e. The van der Waals surface area contributed by atoms with E-state index in [1.54, 1.807) is 47.6 Å². The molecule has 0 saturated heterocycles. The van der Waals surface area contributed by atoms with Crippen molar-refractivity contribution in [1.82, 2.24) is 0 Å². The first-order chi connectivity index (χ1) is 8.70. The number of hydrogen-bond donors (Lipinski definition) is 0. The zero-order valence-corrected chi connectivity index (χ0v) is 12.2. The molecule has 18 heavy (non-hydrogen) atoms. The number of carbonyl (C=O) groups is 2. The van der Waals surface area contributed by atoms with Crippen LogP contribution in [0.5, 0.6) is 0 Å². The SMILES string of the molecule is CCOC(=O)C=CCSSCC=CC(=O)OCC. The Balaban J connectivity index is 3.46. The van der Waals surface area contributed by atoms with Gasteiger partial charge in [0, 0.05) is 23.7 Å². The molecule has 0 unspecified atom stereocenters. The van der Waals surface area contributed by atoms with Crippen molar-refractivity contribution >= 4 is 33.5 Å². The molecule has 0 aliphatic heterocycles. The van der Waals surface area contributed by atoms with Crippen LogP contribution in [0.2, 0.25) is 0 Å². The molecule has 0 aliphatic carbocycles. The highest BCUT2D eigenvalue weighted by Gasteiger charge is 1.93. The Bertz CT molecular complexity index is 270. The fourth-order valence-electron chi connectivity index (χ4n) is 0.844. The Kier molecular flexibility index (Phi) is 12.0. The topological polar surface area (TPSA) is 52.6 Å². The van der Waals surface area contributed by atoms with E-state index in [-0.39, 0.29) is 11.9 Å². The van der Waals surface area contributed by atoms with Crippen LogP contribution in [0, 0.1) is 0 Å². The first-order valence-electron chi connectivity index (χ1n) is 5.61. The summed E-state index contributed by atoms with van der Waals surface area (Å²) >= 11 is 0. The third-order valence-electron chi connectivity index (χ3n) is 1.49. The maximum atomic E-state index is 10.9. The second-order valence-corrected chi connectivity index (χ2v) is 5.43. The molecule has 0 bridgehead atoms. The zero-order valence-electron chi connectivity index (χ0n) is 10.6. The highest BCUT2D eigenvalue weighted by atomic mass is 33.1. The van der Waals surface area contributed by atoms with Crippen LogP contribution in [0.4, 0.5) is 0 Å². The van der Waals surface area contributed by atoms with E-state index in [2.05, 4.69) is 0 Å². The quantitative estimate of drug-likeness (QED) is 0.281. The minimum absolute atomic E-state index is 0.315. The van der Waals surface area contributed by atoms with Crippen LogP contribution >= 0.6 is 21.6 Å². The lowest BCUT2D eigenvalue weighted by Gasteiger charge is -1.96. The first-order valence-corrected chi connectivity index (χ1v) is 8.10. The number of esters is 2. The van der Waals surface area contributed by atoms with Crippen LogP contribution in [-0.2, 0) is 19.1 Å². The summed E-state index contributed by atoms with van der Waals surface area (Å²) < 4.78 is 9.46. The molecule has 0 atom stereocenters. The van der Waals surface area contributed by atoms with E-state index in [1.807, 2.05) is 0 Å². The second kappa shape index (κ2) is 12.6. The molecule has 0 N–H and O–H groups in total. The van der Waals surface area contributed by atoms with E-state index < -0.39 is 0 Å². The zero-order chi connectivity index (χ0) is 13.6. The molecule has 0 aliphatic rings. The molecule has 0 heterocycles. The molecule has 102 valence electrons. The van der Waals surface area contributed by atoms with Gasteiger partial charge < -0.3 is 9.47 Å². The standard InChI is InChI=1S/C12H18O4S2/c1-3-15-11(13)7-5-9-17-18-10-6-8-12(14)16-4-2/h5-8H,3-4,9-10H2,1-2H3. The van der Waals surface area contributed by atoms with Crippen LogP contribution in [-0.4, -0.2) is 36.7 Å². The van der Waals surface area contributed by atoms with Gasteiger partial charge in [-0.05, 0) is 13.8 Å².